The maximum Gasteiger partial charge on any atom is 0.187 e. The lowest BCUT2D eigenvalue weighted by Gasteiger charge is -2.45. The third kappa shape index (κ3) is 2.27. The molecule has 1 unspecified atom stereocenters. The zero-order valence-corrected chi connectivity index (χ0v) is 12.1. The van der Waals surface area contributed by atoms with Crippen LogP contribution in [0.25, 0.3) is 0 Å². The van der Waals surface area contributed by atoms with Crippen molar-refractivity contribution in [2.45, 2.75) is 32.1 Å². The fraction of sp³-hybridized carbons (Fsp3) is 0.333. The molecule has 0 amide bonds. The molecule has 2 aromatic rings. The molecular formula is C18H18FNO. The molecule has 0 radical (unpaired) electrons. The summed E-state index contributed by atoms with van der Waals surface area (Å²) in [6, 6.07) is 12.1. The van der Waals surface area contributed by atoms with E-state index in [-0.39, 0.29) is 17.5 Å². The number of carbonyl (C=O) groups is 1. The minimum absolute atomic E-state index is 0.0464. The molecule has 1 aromatic heterocycles. The first-order chi connectivity index (χ1) is 10.1. The third-order valence-corrected chi connectivity index (χ3v) is 4.80. The fourth-order valence-electron chi connectivity index (χ4n) is 3.29. The van der Waals surface area contributed by atoms with Crippen LogP contribution in [0, 0.1) is 11.2 Å². The summed E-state index contributed by atoms with van der Waals surface area (Å²) >= 11 is 0. The summed E-state index contributed by atoms with van der Waals surface area (Å²) in [5.74, 6) is -0.322. The number of rotatable bonds is 4. The van der Waals surface area contributed by atoms with Gasteiger partial charge in [0.15, 0.2) is 5.78 Å². The molecule has 0 bridgehead atoms. The minimum Gasteiger partial charge on any atom is -0.292 e. The Morgan fingerprint density at radius 2 is 1.90 bits per heavy atom. The SMILES string of the molecule is CC(c1ccccc1F)C1(C(=O)c2ccccn2)CCC1. The van der Waals surface area contributed by atoms with Gasteiger partial charge in [0.05, 0.1) is 0 Å². The number of Topliss-reactive ketones (excluding diaryl/α,β-unsaturated/α-hetero) is 1. The van der Waals surface area contributed by atoms with Gasteiger partial charge in [-0.25, -0.2) is 4.39 Å². The summed E-state index contributed by atoms with van der Waals surface area (Å²) in [4.78, 5) is 17.1. The molecule has 0 saturated heterocycles. The van der Waals surface area contributed by atoms with E-state index in [4.69, 9.17) is 0 Å². The Morgan fingerprint density at radius 3 is 2.48 bits per heavy atom. The Labute approximate surface area is 124 Å². The number of hydrogen-bond acceptors (Lipinski definition) is 2. The Balaban J connectivity index is 1.97. The number of benzene rings is 1. The predicted molar refractivity (Wildman–Crippen MR) is 79.7 cm³/mol. The van der Waals surface area contributed by atoms with Crippen molar-refractivity contribution in [3.05, 3.63) is 65.7 Å². The maximum absolute atomic E-state index is 14.1. The second-order valence-electron chi connectivity index (χ2n) is 5.80. The molecule has 0 aliphatic heterocycles. The topological polar surface area (TPSA) is 30.0 Å². The third-order valence-electron chi connectivity index (χ3n) is 4.80. The summed E-state index contributed by atoms with van der Waals surface area (Å²) in [5.41, 5.74) is 0.609. The molecule has 1 aliphatic rings. The molecule has 1 aromatic carbocycles. The van der Waals surface area contributed by atoms with Gasteiger partial charge in [0.1, 0.15) is 11.5 Å². The van der Waals surface area contributed by atoms with Crippen LogP contribution < -0.4 is 0 Å². The summed E-state index contributed by atoms with van der Waals surface area (Å²) in [5, 5.41) is 0. The average molecular weight is 283 g/mol. The highest BCUT2D eigenvalue weighted by Crippen LogP contribution is 2.53. The van der Waals surface area contributed by atoms with Crippen LogP contribution in [0.1, 0.15) is 48.2 Å². The van der Waals surface area contributed by atoms with Gasteiger partial charge in [-0.1, -0.05) is 37.6 Å². The number of aromatic nitrogens is 1. The van der Waals surface area contributed by atoms with Gasteiger partial charge in [-0.2, -0.15) is 0 Å². The van der Waals surface area contributed by atoms with Crippen molar-refractivity contribution in [1.82, 2.24) is 4.98 Å². The lowest BCUT2D eigenvalue weighted by atomic mass is 9.57. The number of hydrogen-bond donors (Lipinski definition) is 0. The van der Waals surface area contributed by atoms with E-state index in [1.807, 2.05) is 19.1 Å². The van der Waals surface area contributed by atoms with E-state index in [1.165, 1.54) is 6.07 Å². The lowest BCUT2D eigenvalue weighted by molar-refractivity contribution is 0.0518. The molecule has 1 aliphatic carbocycles. The predicted octanol–water partition coefficient (Wildman–Crippen LogP) is 4.38. The van der Waals surface area contributed by atoms with Crippen molar-refractivity contribution in [3.8, 4) is 0 Å². The van der Waals surface area contributed by atoms with E-state index in [0.717, 1.165) is 19.3 Å². The van der Waals surface area contributed by atoms with Crippen LogP contribution in [0.4, 0.5) is 4.39 Å². The van der Waals surface area contributed by atoms with E-state index in [1.54, 1.807) is 30.5 Å². The zero-order valence-electron chi connectivity index (χ0n) is 12.1. The molecule has 1 heterocycles. The molecule has 1 saturated carbocycles. The van der Waals surface area contributed by atoms with Crippen LogP contribution in [0.15, 0.2) is 48.7 Å². The number of ketones is 1. The molecule has 2 nitrogen and oxygen atoms in total. The second-order valence-corrected chi connectivity index (χ2v) is 5.80. The van der Waals surface area contributed by atoms with Gasteiger partial charge >= 0.3 is 0 Å². The Morgan fingerprint density at radius 1 is 1.19 bits per heavy atom. The highest BCUT2D eigenvalue weighted by molar-refractivity contribution is 6.00. The average Bonchev–Trinajstić information content (AvgIpc) is 2.47. The molecular weight excluding hydrogens is 265 g/mol. The summed E-state index contributed by atoms with van der Waals surface area (Å²) in [7, 11) is 0. The molecule has 1 fully saturated rings. The van der Waals surface area contributed by atoms with E-state index < -0.39 is 5.41 Å². The van der Waals surface area contributed by atoms with Crippen LogP contribution in [0.3, 0.4) is 0 Å². The van der Waals surface area contributed by atoms with Crippen LogP contribution in [0.2, 0.25) is 0 Å². The van der Waals surface area contributed by atoms with Crippen LogP contribution in [-0.2, 0) is 0 Å². The summed E-state index contributed by atoms with van der Waals surface area (Å²) in [6.07, 6.45) is 4.25. The van der Waals surface area contributed by atoms with Crippen molar-refractivity contribution in [2.75, 3.05) is 0 Å². The smallest absolute Gasteiger partial charge is 0.187 e. The molecule has 1 atom stereocenters. The van der Waals surface area contributed by atoms with Gasteiger partial charge < -0.3 is 0 Å². The number of nitrogens with zero attached hydrogens (tertiary/aromatic N) is 1. The molecule has 0 N–H and O–H groups in total. The highest BCUT2D eigenvalue weighted by atomic mass is 19.1. The van der Waals surface area contributed by atoms with Crippen LogP contribution in [0.5, 0.6) is 0 Å². The minimum atomic E-state index is -0.503. The zero-order chi connectivity index (χ0) is 14.9. The lowest BCUT2D eigenvalue weighted by Crippen LogP contribution is -2.43. The summed E-state index contributed by atoms with van der Waals surface area (Å²) in [6.45, 7) is 1.96. The van der Waals surface area contributed by atoms with Gasteiger partial charge in [0, 0.05) is 11.6 Å². The Bertz CT molecular complexity index is 649. The van der Waals surface area contributed by atoms with Crippen molar-refractivity contribution >= 4 is 5.78 Å². The molecule has 0 spiro atoms. The van der Waals surface area contributed by atoms with Crippen molar-refractivity contribution in [1.29, 1.82) is 0 Å². The van der Waals surface area contributed by atoms with Crippen LogP contribution >= 0.6 is 0 Å². The van der Waals surface area contributed by atoms with Gasteiger partial charge in [-0.05, 0) is 42.5 Å². The fourth-order valence-corrected chi connectivity index (χ4v) is 3.29. The first kappa shape index (κ1) is 13.9. The summed E-state index contributed by atoms with van der Waals surface area (Å²) < 4.78 is 14.1. The van der Waals surface area contributed by atoms with E-state index >= 15 is 0 Å². The van der Waals surface area contributed by atoms with Gasteiger partial charge in [0.2, 0.25) is 0 Å². The number of pyridine rings is 1. The van der Waals surface area contributed by atoms with Crippen LogP contribution in [-0.4, -0.2) is 10.8 Å². The van der Waals surface area contributed by atoms with Crippen molar-refractivity contribution < 1.29 is 9.18 Å². The molecule has 108 valence electrons. The Hall–Kier alpha value is -2.03. The van der Waals surface area contributed by atoms with Crippen molar-refractivity contribution in [3.63, 3.8) is 0 Å². The van der Waals surface area contributed by atoms with E-state index in [2.05, 4.69) is 4.98 Å². The quantitative estimate of drug-likeness (QED) is 0.779. The van der Waals surface area contributed by atoms with E-state index in [9.17, 15) is 9.18 Å². The van der Waals surface area contributed by atoms with Gasteiger partial charge in [0.25, 0.3) is 0 Å². The monoisotopic (exact) mass is 283 g/mol. The number of carbonyl (C=O) groups excluding carboxylic acids is 1. The van der Waals surface area contributed by atoms with Gasteiger partial charge in [-0.15, -0.1) is 0 Å². The van der Waals surface area contributed by atoms with E-state index in [0.29, 0.717) is 11.3 Å². The normalized spacial score (nSPS) is 17.8. The second kappa shape index (κ2) is 5.40. The molecule has 3 rings (SSSR count). The first-order valence-corrected chi connectivity index (χ1v) is 7.35. The standard InChI is InChI=1S/C18H18FNO/c1-13(14-7-2-3-8-15(14)19)18(10-6-11-18)17(21)16-9-4-5-12-20-16/h2-5,7-9,12-13H,6,10-11H2,1H3. The molecule has 3 heteroatoms. The first-order valence-electron chi connectivity index (χ1n) is 7.35. The van der Waals surface area contributed by atoms with Gasteiger partial charge in [-0.3, -0.25) is 9.78 Å². The maximum atomic E-state index is 14.1. The molecule has 21 heavy (non-hydrogen) atoms. The Kier molecular flexibility index (Phi) is 3.58. The highest BCUT2D eigenvalue weighted by Gasteiger charge is 2.49. The largest absolute Gasteiger partial charge is 0.292 e. The number of halogens is 1. The van der Waals surface area contributed by atoms with Crippen molar-refractivity contribution in [2.24, 2.45) is 5.41 Å².